The summed E-state index contributed by atoms with van der Waals surface area (Å²) in [6, 6.07) is 7.51. The highest BCUT2D eigenvalue weighted by Crippen LogP contribution is 2.22. The van der Waals surface area contributed by atoms with Gasteiger partial charge in [-0.2, -0.15) is 0 Å². The number of aliphatic imine (C=N–C) groups is 1. The third-order valence-electron chi connectivity index (χ3n) is 7.50. The number of phenols is 1. The number of aryl methyl sites for hydroxylation is 2. The second-order valence-corrected chi connectivity index (χ2v) is 11.3. The van der Waals surface area contributed by atoms with Crippen molar-refractivity contribution in [1.82, 2.24) is 16.0 Å². The van der Waals surface area contributed by atoms with Crippen LogP contribution in [0.1, 0.15) is 54.4 Å². The van der Waals surface area contributed by atoms with Crippen molar-refractivity contribution in [1.29, 1.82) is 0 Å². The summed E-state index contributed by atoms with van der Waals surface area (Å²) in [6.07, 6.45) is 2.01. The number of nitrogens with one attached hydrogen (secondary N) is 3. The third-order valence-corrected chi connectivity index (χ3v) is 7.50. The lowest BCUT2D eigenvalue weighted by Crippen LogP contribution is -2.57. The van der Waals surface area contributed by atoms with E-state index in [-0.39, 0.29) is 43.9 Å². The van der Waals surface area contributed by atoms with Crippen LogP contribution in [0.2, 0.25) is 0 Å². The monoisotopic (exact) mass is 640 g/mol. The number of amides is 3. The fourth-order valence-electron chi connectivity index (χ4n) is 4.99. The van der Waals surface area contributed by atoms with Crippen LogP contribution in [0.4, 0.5) is 0 Å². The van der Waals surface area contributed by atoms with Gasteiger partial charge in [0.2, 0.25) is 17.7 Å². The summed E-state index contributed by atoms with van der Waals surface area (Å²) in [5, 5.41) is 27.8. The summed E-state index contributed by atoms with van der Waals surface area (Å²) in [7, 11) is 0. The number of aromatic hydroxyl groups is 1. The van der Waals surface area contributed by atoms with E-state index in [4.69, 9.17) is 22.9 Å². The van der Waals surface area contributed by atoms with Gasteiger partial charge in [0.1, 0.15) is 23.9 Å². The molecule has 2 aromatic rings. The van der Waals surface area contributed by atoms with Crippen molar-refractivity contribution >= 4 is 29.7 Å². The highest BCUT2D eigenvalue weighted by Gasteiger charge is 2.31. The number of guanidine groups is 1. The van der Waals surface area contributed by atoms with Crippen LogP contribution in [0.25, 0.3) is 0 Å². The van der Waals surface area contributed by atoms with Gasteiger partial charge in [-0.25, -0.2) is 4.79 Å². The average Bonchev–Trinajstić information content (AvgIpc) is 2.99. The Morgan fingerprint density at radius 3 is 1.98 bits per heavy atom. The van der Waals surface area contributed by atoms with Crippen LogP contribution in [0, 0.1) is 13.8 Å². The highest BCUT2D eigenvalue weighted by molar-refractivity contribution is 5.94. The van der Waals surface area contributed by atoms with Gasteiger partial charge in [0, 0.05) is 19.4 Å². The van der Waals surface area contributed by atoms with Gasteiger partial charge in [-0.3, -0.25) is 19.4 Å². The molecule has 14 heteroatoms. The van der Waals surface area contributed by atoms with E-state index in [0.29, 0.717) is 36.9 Å². The molecule has 0 saturated heterocycles. The van der Waals surface area contributed by atoms with E-state index < -0.39 is 47.9 Å². The Labute approximate surface area is 269 Å². The zero-order valence-electron chi connectivity index (χ0n) is 26.5. The van der Waals surface area contributed by atoms with Gasteiger partial charge in [-0.1, -0.05) is 30.3 Å². The number of nitrogens with two attached hydrogens (primary N) is 4. The molecule has 0 aliphatic rings. The second kappa shape index (κ2) is 19.0. The molecule has 2 rings (SSSR count). The molecule has 252 valence electrons. The quantitative estimate of drug-likeness (QED) is 0.0557. The van der Waals surface area contributed by atoms with Crippen molar-refractivity contribution in [3.05, 3.63) is 64.7 Å². The minimum Gasteiger partial charge on any atom is -0.508 e. The first kappa shape index (κ1) is 37.5. The van der Waals surface area contributed by atoms with E-state index in [1.54, 1.807) is 56.3 Å². The van der Waals surface area contributed by atoms with Crippen LogP contribution in [-0.4, -0.2) is 77.1 Å². The van der Waals surface area contributed by atoms with Gasteiger partial charge in [-0.05, 0) is 86.9 Å². The number of nitrogens with zero attached hydrogens (tertiary/aromatic N) is 1. The fraction of sp³-hybridized carbons (Fsp3) is 0.469. The molecule has 0 spiro atoms. The molecule has 4 atom stereocenters. The predicted molar refractivity (Wildman–Crippen MR) is 176 cm³/mol. The number of carboxylic acids is 1. The maximum absolute atomic E-state index is 13.8. The van der Waals surface area contributed by atoms with E-state index in [0.717, 1.165) is 11.1 Å². The molecule has 0 radical (unpaired) electrons. The molecule has 0 heterocycles. The Hall–Kier alpha value is -4.69. The van der Waals surface area contributed by atoms with E-state index in [2.05, 4.69) is 20.9 Å². The number of carboxylic acid groups (broad SMARTS) is 1. The van der Waals surface area contributed by atoms with Gasteiger partial charge in [0.25, 0.3) is 0 Å². The first-order chi connectivity index (χ1) is 21.8. The predicted octanol–water partition coefficient (Wildman–Crippen LogP) is -0.157. The maximum Gasteiger partial charge on any atom is 0.326 e. The molecule has 0 aromatic heterocycles. The number of benzene rings is 2. The average molecular weight is 641 g/mol. The SMILES string of the molecule is Cc1cc(O)cc(C)c1CC(NC(=O)C(N)CCCN=C(N)N)C(=O)NC(CCCCN)C(=O)NC(Cc1ccccc1)C(=O)O. The standard InChI is InChI=1S/C32H48N8O6/c1-19-15-22(41)16-20(2)23(19)18-26(39-28(42)24(34)11-8-14-37-32(35)36)30(44)38-25(12-6-7-13-33)29(43)40-27(31(45)46)17-21-9-4-3-5-10-21/h3-5,9-10,15-16,24-27,41H,6-8,11-14,17-18,33-34H2,1-2H3,(H,38,44)(H,39,42)(H,40,43)(H,45,46)(H4,35,36,37). The Kier molecular flexibility index (Phi) is 15.5. The smallest absolute Gasteiger partial charge is 0.326 e. The van der Waals surface area contributed by atoms with Gasteiger partial charge in [0.15, 0.2) is 5.96 Å². The van der Waals surface area contributed by atoms with Crippen molar-refractivity contribution in [2.75, 3.05) is 13.1 Å². The zero-order chi connectivity index (χ0) is 34.2. The van der Waals surface area contributed by atoms with E-state index in [1.807, 2.05) is 0 Å². The first-order valence-corrected chi connectivity index (χ1v) is 15.3. The van der Waals surface area contributed by atoms with Crippen LogP contribution in [-0.2, 0) is 32.0 Å². The fourth-order valence-corrected chi connectivity index (χ4v) is 4.99. The molecule has 0 aliphatic heterocycles. The van der Waals surface area contributed by atoms with Crippen molar-refractivity contribution in [2.24, 2.45) is 27.9 Å². The largest absolute Gasteiger partial charge is 0.508 e. The summed E-state index contributed by atoms with van der Waals surface area (Å²) in [4.78, 5) is 56.3. The topological polar surface area (TPSA) is 261 Å². The van der Waals surface area contributed by atoms with Gasteiger partial charge in [0.05, 0.1) is 6.04 Å². The number of rotatable bonds is 19. The first-order valence-electron chi connectivity index (χ1n) is 15.3. The lowest BCUT2D eigenvalue weighted by molar-refractivity contribution is -0.142. The molecule has 2 aromatic carbocycles. The lowest BCUT2D eigenvalue weighted by Gasteiger charge is -2.26. The molecule has 13 N–H and O–H groups in total. The van der Waals surface area contributed by atoms with E-state index in [1.165, 1.54) is 0 Å². The van der Waals surface area contributed by atoms with Crippen LogP contribution in [0.15, 0.2) is 47.5 Å². The Bertz CT molecular complexity index is 1330. The van der Waals surface area contributed by atoms with E-state index in [9.17, 15) is 29.4 Å². The third kappa shape index (κ3) is 12.7. The molecule has 3 amide bonds. The van der Waals surface area contributed by atoms with Gasteiger partial charge >= 0.3 is 5.97 Å². The normalized spacial score (nSPS) is 13.5. The van der Waals surface area contributed by atoms with Crippen LogP contribution < -0.4 is 38.9 Å². The summed E-state index contributed by atoms with van der Waals surface area (Å²) in [5.74, 6) is -3.15. The second-order valence-electron chi connectivity index (χ2n) is 11.3. The maximum atomic E-state index is 13.8. The van der Waals surface area contributed by atoms with Crippen molar-refractivity contribution in [2.45, 2.75) is 83.0 Å². The Morgan fingerprint density at radius 1 is 0.804 bits per heavy atom. The Balaban J connectivity index is 2.30. The number of carbonyl (C=O) groups is 4. The molecule has 0 aliphatic carbocycles. The minimum absolute atomic E-state index is 0.0408. The number of phenolic OH excluding ortho intramolecular Hbond substituents is 1. The number of hydrogen-bond donors (Lipinski definition) is 9. The number of carbonyl (C=O) groups excluding carboxylic acids is 3. The molecule has 46 heavy (non-hydrogen) atoms. The molecule has 0 saturated carbocycles. The number of unbranched alkanes of at least 4 members (excludes halogenated alkanes) is 1. The van der Waals surface area contributed by atoms with Crippen molar-refractivity contribution in [3.8, 4) is 5.75 Å². The summed E-state index contributed by atoms with van der Waals surface area (Å²) in [6.45, 7) is 4.19. The van der Waals surface area contributed by atoms with Crippen LogP contribution in [0.5, 0.6) is 5.75 Å². The van der Waals surface area contributed by atoms with Crippen LogP contribution >= 0.6 is 0 Å². The highest BCUT2D eigenvalue weighted by atomic mass is 16.4. The minimum atomic E-state index is -1.24. The summed E-state index contributed by atoms with van der Waals surface area (Å²) in [5.41, 5.74) is 25.3. The van der Waals surface area contributed by atoms with E-state index >= 15 is 0 Å². The van der Waals surface area contributed by atoms with Crippen molar-refractivity contribution < 1.29 is 29.4 Å². The molecule has 14 nitrogen and oxygen atoms in total. The molecule has 0 bridgehead atoms. The zero-order valence-corrected chi connectivity index (χ0v) is 26.5. The summed E-state index contributed by atoms with van der Waals surface area (Å²) < 4.78 is 0. The number of hydrogen-bond acceptors (Lipinski definition) is 8. The van der Waals surface area contributed by atoms with Gasteiger partial charge < -0.3 is 49.1 Å². The molecule has 4 unspecified atom stereocenters. The lowest BCUT2D eigenvalue weighted by atomic mass is 9.95. The van der Waals surface area contributed by atoms with Crippen LogP contribution in [0.3, 0.4) is 0 Å². The summed E-state index contributed by atoms with van der Waals surface area (Å²) >= 11 is 0. The molecule has 0 fully saturated rings. The number of aliphatic carboxylic acids is 1. The molecular formula is C32H48N8O6. The van der Waals surface area contributed by atoms with Gasteiger partial charge in [-0.15, -0.1) is 0 Å². The Morgan fingerprint density at radius 2 is 1.39 bits per heavy atom. The van der Waals surface area contributed by atoms with Crippen molar-refractivity contribution in [3.63, 3.8) is 0 Å². The molecular weight excluding hydrogens is 592 g/mol.